The Kier molecular flexibility index (Phi) is 5.29. The second-order valence-electron chi connectivity index (χ2n) is 7.63. The zero-order chi connectivity index (χ0) is 22.2. The van der Waals surface area contributed by atoms with E-state index in [4.69, 9.17) is 11.6 Å². The van der Waals surface area contributed by atoms with Crippen LogP contribution in [0.4, 0.5) is 5.69 Å². The van der Waals surface area contributed by atoms with Crippen LogP contribution in [-0.4, -0.2) is 15.5 Å². The van der Waals surface area contributed by atoms with Crippen LogP contribution in [0.3, 0.4) is 0 Å². The van der Waals surface area contributed by atoms with E-state index in [1.807, 2.05) is 60.7 Å². The summed E-state index contributed by atoms with van der Waals surface area (Å²) in [6.45, 7) is 4.13. The first-order chi connectivity index (χ1) is 15.5. The Labute approximate surface area is 195 Å². The Morgan fingerprint density at radius 2 is 1.66 bits per heavy atom. The maximum Gasteiger partial charge on any atom is 0.255 e. The standard InChI is InChI=1S/C26H20ClN3OS/c1-16-7-8-17(2)30(16)20-12-9-18(10-13-20)25(31)28-22-14-11-19(15-21(22)27)26-29-23-5-3-4-6-24(23)32-26/h3-15H,1-2H3,(H,28,31). The van der Waals surface area contributed by atoms with Gasteiger partial charge in [-0.15, -0.1) is 11.3 Å². The van der Waals surface area contributed by atoms with Gasteiger partial charge in [0, 0.05) is 28.2 Å². The van der Waals surface area contributed by atoms with Crippen molar-refractivity contribution in [3.05, 3.63) is 101 Å². The SMILES string of the molecule is Cc1ccc(C)n1-c1ccc(C(=O)Nc2ccc(-c3nc4ccccc4s3)cc2Cl)cc1. The van der Waals surface area contributed by atoms with E-state index in [0.717, 1.165) is 37.9 Å². The largest absolute Gasteiger partial charge is 0.321 e. The highest BCUT2D eigenvalue weighted by molar-refractivity contribution is 7.21. The van der Waals surface area contributed by atoms with E-state index < -0.39 is 0 Å². The number of thiazole rings is 1. The predicted octanol–water partition coefficient (Wildman–Crippen LogP) is 7.28. The summed E-state index contributed by atoms with van der Waals surface area (Å²) in [5.74, 6) is -0.202. The molecule has 6 heteroatoms. The molecular weight excluding hydrogens is 438 g/mol. The van der Waals surface area contributed by atoms with Crippen LogP contribution >= 0.6 is 22.9 Å². The van der Waals surface area contributed by atoms with Crippen molar-refractivity contribution in [3.8, 4) is 16.3 Å². The maximum atomic E-state index is 12.8. The number of aryl methyl sites for hydroxylation is 2. The topological polar surface area (TPSA) is 46.9 Å². The molecule has 0 radical (unpaired) electrons. The van der Waals surface area contributed by atoms with Gasteiger partial charge in [-0.2, -0.15) is 0 Å². The molecule has 2 heterocycles. The molecule has 0 spiro atoms. The normalized spacial score (nSPS) is 11.1. The average molecular weight is 458 g/mol. The van der Waals surface area contributed by atoms with Gasteiger partial charge in [-0.05, 0) is 80.6 Å². The lowest BCUT2D eigenvalue weighted by molar-refractivity contribution is 0.102. The second-order valence-corrected chi connectivity index (χ2v) is 9.07. The van der Waals surface area contributed by atoms with Gasteiger partial charge in [-0.25, -0.2) is 4.98 Å². The van der Waals surface area contributed by atoms with Gasteiger partial charge in [-0.1, -0.05) is 23.7 Å². The average Bonchev–Trinajstić information content (AvgIpc) is 3.38. The van der Waals surface area contributed by atoms with Gasteiger partial charge in [0.15, 0.2) is 0 Å². The Morgan fingerprint density at radius 1 is 0.938 bits per heavy atom. The molecule has 0 saturated heterocycles. The summed E-state index contributed by atoms with van der Waals surface area (Å²) in [6.07, 6.45) is 0. The third-order valence-electron chi connectivity index (χ3n) is 5.42. The van der Waals surface area contributed by atoms with Crippen LogP contribution in [0, 0.1) is 13.8 Å². The summed E-state index contributed by atoms with van der Waals surface area (Å²) in [7, 11) is 0. The molecule has 0 aliphatic heterocycles. The molecule has 158 valence electrons. The Hall–Kier alpha value is -3.41. The number of aromatic nitrogens is 2. The molecule has 5 rings (SSSR count). The fourth-order valence-corrected chi connectivity index (χ4v) is 4.97. The van der Waals surface area contributed by atoms with E-state index >= 15 is 0 Å². The summed E-state index contributed by atoms with van der Waals surface area (Å²) in [5, 5.41) is 4.29. The van der Waals surface area contributed by atoms with Gasteiger partial charge >= 0.3 is 0 Å². The third kappa shape index (κ3) is 3.81. The van der Waals surface area contributed by atoms with Crippen molar-refractivity contribution >= 4 is 44.7 Å². The summed E-state index contributed by atoms with van der Waals surface area (Å²) in [5.41, 5.74) is 6.37. The number of carbonyl (C=O) groups is 1. The van der Waals surface area contributed by atoms with Crippen LogP contribution in [-0.2, 0) is 0 Å². The fourth-order valence-electron chi connectivity index (χ4n) is 3.78. The number of rotatable bonds is 4. The highest BCUT2D eigenvalue weighted by Gasteiger charge is 2.12. The van der Waals surface area contributed by atoms with Crippen LogP contribution in [0.25, 0.3) is 26.5 Å². The lowest BCUT2D eigenvalue weighted by atomic mass is 10.1. The monoisotopic (exact) mass is 457 g/mol. The van der Waals surface area contributed by atoms with Crippen LogP contribution in [0.1, 0.15) is 21.7 Å². The van der Waals surface area contributed by atoms with Gasteiger partial charge in [0.1, 0.15) is 5.01 Å². The predicted molar refractivity (Wildman–Crippen MR) is 133 cm³/mol. The van der Waals surface area contributed by atoms with E-state index in [2.05, 4.69) is 46.9 Å². The molecule has 3 aromatic carbocycles. The minimum atomic E-state index is -0.202. The number of hydrogen-bond donors (Lipinski definition) is 1. The maximum absolute atomic E-state index is 12.8. The quantitative estimate of drug-likeness (QED) is 0.308. The number of hydrogen-bond acceptors (Lipinski definition) is 3. The highest BCUT2D eigenvalue weighted by atomic mass is 35.5. The first-order valence-electron chi connectivity index (χ1n) is 10.2. The Morgan fingerprint density at radius 3 is 2.34 bits per heavy atom. The van der Waals surface area contributed by atoms with Crippen molar-refractivity contribution in [1.29, 1.82) is 0 Å². The summed E-state index contributed by atoms with van der Waals surface area (Å²) < 4.78 is 3.28. The van der Waals surface area contributed by atoms with E-state index in [1.54, 1.807) is 11.3 Å². The molecule has 0 aliphatic rings. The van der Waals surface area contributed by atoms with Gasteiger partial charge in [-0.3, -0.25) is 4.79 Å². The van der Waals surface area contributed by atoms with Crippen LogP contribution in [0.15, 0.2) is 78.9 Å². The van der Waals surface area contributed by atoms with Crippen LogP contribution < -0.4 is 5.32 Å². The summed E-state index contributed by atoms with van der Waals surface area (Å²) in [6, 6.07) is 25.3. The number of halogens is 1. The molecular formula is C26H20ClN3OS. The molecule has 4 nitrogen and oxygen atoms in total. The van der Waals surface area contributed by atoms with E-state index in [0.29, 0.717) is 16.3 Å². The van der Waals surface area contributed by atoms with E-state index in [-0.39, 0.29) is 5.91 Å². The molecule has 0 bridgehead atoms. The van der Waals surface area contributed by atoms with Crippen LogP contribution in [0.2, 0.25) is 5.02 Å². The summed E-state index contributed by atoms with van der Waals surface area (Å²) in [4.78, 5) is 17.5. The number of amides is 1. The number of para-hydroxylation sites is 1. The molecule has 5 aromatic rings. The van der Waals surface area contributed by atoms with Crippen molar-refractivity contribution < 1.29 is 4.79 Å². The zero-order valence-electron chi connectivity index (χ0n) is 17.6. The molecule has 0 atom stereocenters. The number of nitrogens with zero attached hydrogens (tertiary/aromatic N) is 2. The first-order valence-corrected chi connectivity index (χ1v) is 11.4. The fraction of sp³-hybridized carbons (Fsp3) is 0.0769. The smallest absolute Gasteiger partial charge is 0.255 e. The minimum absolute atomic E-state index is 0.202. The lowest BCUT2D eigenvalue weighted by Gasteiger charge is -2.11. The molecule has 1 N–H and O–H groups in total. The van der Waals surface area contributed by atoms with Crippen molar-refractivity contribution in [1.82, 2.24) is 9.55 Å². The van der Waals surface area contributed by atoms with Gasteiger partial charge in [0.05, 0.1) is 20.9 Å². The molecule has 0 saturated carbocycles. The molecule has 1 amide bonds. The van der Waals surface area contributed by atoms with Crippen LogP contribution in [0.5, 0.6) is 0 Å². The molecule has 0 aliphatic carbocycles. The number of anilines is 1. The number of benzene rings is 3. The van der Waals surface area contributed by atoms with E-state index in [1.165, 1.54) is 0 Å². The molecule has 0 fully saturated rings. The van der Waals surface area contributed by atoms with Gasteiger partial charge < -0.3 is 9.88 Å². The van der Waals surface area contributed by atoms with Crippen molar-refractivity contribution in [2.75, 3.05) is 5.32 Å². The minimum Gasteiger partial charge on any atom is -0.321 e. The number of nitrogens with one attached hydrogen (secondary N) is 1. The van der Waals surface area contributed by atoms with Crippen molar-refractivity contribution in [3.63, 3.8) is 0 Å². The zero-order valence-corrected chi connectivity index (χ0v) is 19.2. The number of fused-ring (bicyclic) bond motifs is 1. The molecule has 0 unspecified atom stereocenters. The van der Waals surface area contributed by atoms with Gasteiger partial charge in [0.2, 0.25) is 0 Å². The van der Waals surface area contributed by atoms with E-state index in [9.17, 15) is 4.79 Å². The first kappa shape index (κ1) is 20.5. The summed E-state index contributed by atoms with van der Waals surface area (Å²) >= 11 is 8.11. The molecule has 2 aromatic heterocycles. The lowest BCUT2D eigenvalue weighted by Crippen LogP contribution is -2.12. The Bertz CT molecular complexity index is 1400. The van der Waals surface area contributed by atoms with Crippen molar-refractivity contribution in [2.24, 2.45) is 0 Å². The third-order valence-corrected chi connectivity index (χ3v) is 6.82. The van der Waals surface area contributed by atoms with Gasteiger partial charge in [0.25, 0.3) is 5.91 Å². The second kappa shape index (κ2) is 8.26. The number of carbonyl (C=O) groups excluding carboxylic acids is 1. The Balaban J connectivity index is 1.35. The molecule has 32 heavy (non-hydrogen) atoms. The highest BCUT2D eigenvalue weighted by Crippen LogP contribution is 2.34. The van der Waals surface area contributed by atoms with Crippen molar-refractivity contribution in [2.45, 2.75) is 13.8 Å².